The zero-order chi connectivity index (χ0) is 16.6. The topological polar surface area (TPSA) is 41.6 Å². The molecule has 124 valence electrons. The van der Waals surface area contributed by atoms with Crippen LogP contribution in [-0.4, -0.2) is 43.1 Å². The predicted octanol–water partition coefficient (Wildman–Crippen LogP) is 2.28. The van der Waals surface area contributed by atoms with Crippen LogP contribution in [-0.2, 0) is 12.8 Å². The lowest BCUT2D eigenvalue weighted by Gasteiger charge is -2.51. The van der Waals surface area contributed by atoms with Crippen molar-refractivity contribution in [3.05, 3.63) is 65.2 Å². The lowest BCUT2D eigenvalue weighted by atomic mass is 9.77. The molecule has 0 radical (unpaired) electrons. The second-order valence-electron chi connectivity index (χ2n) is 6.72. The van der Waals surface area contributed by atoms with Gasteiger partial charge in [0, 0.05) is 25.2 Å². The van der Waals surface area contributed by atoms with Crippen LogP contribution in [0.2, 0.25) is 0 Å². The van der Waals surface area contributed by atoms with Gasteiger partial charge in [0.25, 0.3) is 5.91 Å². The van der Waals surface area contributed by atoms with Gasteiger partial charge in [-0.2, -0.15) is 0 Å². The summed E-state index contributed by atoms with van der Waals surface area (Å²) in [5.41, 5.74) is 2.98. The molecular formula is C20H22N2O2. The second kappa shape index (κ2) is 5.95. The highest BCUT2D eigenvalue weighted by molar-refractivity contribution is 5.98. The maximum Gasteiger partial charge on any atom is 0.254 e. The number of hydrogen-bond acceptors (Lipinski definition) is 3. The molecule has 2 aromatic carbocycles. The van der Waals surface area contributed by atoms with Gasteiger partial charge in [-0.1, -0.05) is 30.3 Å². The molecule has 2 heterocycles. The summed E-state index contributed by atoms with van der Waals surface area (Å²) in [5.74, 6) is 0.963. The van der Waals surface area contributed by atoms with E-state index in [-0.39, 0.29) is 11.4 Å². The number of amides is 1. The number of fused-ring (bicyclic) bond motifs is 2. The maximum absolute atomic E-state index is 13.1. The van der Waals surface area contributed by atoms with Crippen LogP contribution in [0.4, 0.5) is 0 Å². The van der Waals surface area contributed by atoms with Gasteiger partial charge in [-0.25, -0.2) is 0 Å². The molecule has 1 atom stereocenters. The van der Waals surface area contributed by atoms with Crippen LogP contribution in [0.1, 0.15) is 21.5 Å². The highest BCUT2D eigenvalue weighted by Crippen LogP contribution is 2.36. The van der Waals surface area contributed by atoms with Crippen molar-refractivity contribution >= 4 is 5.91 Å². The fourth-order valence-corrected chi connectivity index (χ4v) is 4.07. The van der Waals surface area contributed by atoms with Crippen molar-refractivity contribution in [3.8, 4) is 5.75 Å². The Balaban J connectivity index is 1.76. The van der Waals surface area contributed by atoms with E-state index in [9.17, 15) is 4.79 Å². The highest BCUT2D eigenvalue weighted by atomic mass is 16.5. The maximum atomic E-state index is 13.1. The molecule has 1 N–H and O–H groups in total. The summed E-state index contributed by atoms with van der Waals surface area (Å²) in [7, 11) is 1.67. The predicted molar refractivity (Wildman–Crippen MR) is 93.5 cm³/mol. The molecule has 2 aliphatic rings. The average Bonchev–Trinajstić information content (AvgIpc) is 2.62. The van der Waals surface area contributed by atoms with Crippen LogP contribution < -0.4 is 10.1 Å². The molecule has 0 saturated carbocycles. The normalized spacial score (nSPS) is 22.7. The molecule has 2 aromatic rings. The molecule has 4 heteroatoms. The first-order chi connectivity index (χ1) is 11.7. The van der Waals surface area contributed by atoms with Crippen molar-refractivity contribution in [2.24, 2.45) is 0 Å². The van der Waals surface area contributed by atoms with Gasteiger partial charge in [0.15, 0.2) is 0 Å². The molecule has 24 heavy (non-hydrogen) atoms. The minimum Gasteiger partial charge on any atom is -0.497 e. The summed E-state index contributed by atoms with van der Waals surface area (Å²) < 4.78 is 5.36. The van der Waals surface area contributed by atoms with Crippen molar-refractivity contribution in [2.45, 2.75) is 18.4 Å². The molecule has 4 rings (SSSR count). The summed E-state index contributed by atoms with van der Waals surface area (Å²) in [6.45, 7) is 2.44. The molecule has 0 aliphatic carbocycles. The van der Waals surface area contributed by atoms with Gasteiger partial charge >= 0.3 is 0 Å². The minimum atomic E-state index is -0.198. The molecule has 1 amide bonds. The van der Waals surface area contributed by atoms with E-state index < -0.39 is 0 Å². The number of piperazine rings is 1. The monoisotopic (exact) mass is 322 g/mol. The van der Waals surface area contributed by atoms with E-state index in [2.05, 4.69) is 34.5 Å². The fraction of sp³-hybridized carbons (Fsp3) is 0.350. The van der Waals surface area contributed by atoms with Gasteiger partial charge in [-0.05, 0) is 42.2 Å². The average molecular weight is 322 g/mol. The van der Waals surface area contributed by atoms with Crippen molar-refractivity contribution in [3.63, 3.8) is 0 Å². The van der Waals surface area contributed by atoms with Crippen molar-refractivity contribution in [2.75, 3.05) is 26.7 Å². The Hall–Kier alpha value is -2.33. The SMILES string of the molecule is COc1ccc2c(c1)C[C@]1(Cc3ccccc3)CNCCN1C2=O. The van der Waals surface area contributed by atoms with Gasteiger partial charge in [-0.3, -0.25) is 4.79 Å². The van der Waals surface area contributed by atoms with E-state index in [4.69, 9.17) is 4.74 Å². The lowest BCUT2D eigenvalue weighted by molar-refractivity contribution is 0.0319. The Bertz CT molecular complexity index is 759. The molecule has 1 fully saturated rings. The number of ether oxygens (including phenoxy) is 1. The summed E-state index contributed by atoms with van der Waals surface area (Å²) in [6.07, 6.45) is 1.72. The van der Waals surface area contributed by atoms with Gasteiger partial charge < -0.3 is 15.0 Å². The van der Waals surface area contributed by atoms with E-state index in [0.717, 1.165) is 49.4 Å². The molecule has 2 aliphatic heterocycles. The first kappa shape index (κ1) is 15.2. The van der Waals surface area contributed by atoms with E-state index in [1.54, 1.807) is 7.11 Å². The number of nitrogens with zero attached hydrogens (tertiary/aromatic N) is 1. The van der Waals surface area contributed by atoms with Gasteiger partial charge in [0.05, 0.1) is 12.6 Å². The first-order valence-corrected chi connectivity index (χ1v) is 8.45. The molecular weight excluding hydrogens is 300 g/mol. The van der Waals surface area contributed by atoms with Crippen molar-refractivity contribution < 1.29 is 9.53 Å². The van der Waals surface area contributed by atoms with Crippen LogP contribution in [0.5, 0.6) is 5.75 Å². The van der Waals surface area contributed by atoms with E-state index in [1.807, 2.05) is 24.3 Å². The Morgan fingerprint density at radius 2 is 2.04 bits per heavy atom. The molecule has 0 spiro atoms. The molecule has 4 nitrogen and oxygen atoms in total. The zero-order valence-corrected chi connectivity index (χ0v) is 13.9. The first-order valence-electron chi connectivity index (χ1n) is 8.45. The third-order valence-corrected chi connectivity index (χ3v) is 5.22. The Morgan fingerprint density at radius 1 is 1.21 bits per heavy atom. The largest absolute Gasteiger partial charge is 0.497 e. The molecule has 0 aromatic heterocycles. The quantitative estimate of drug-likeness (QED) is 0.943. The zero-order valence-electron chi connectivity index (χ0n) is 13.9. The number of carbonyl (C=O) groups is 1. The Labute approximate surface area is 142 Å². The van der Waals surface area contributed by atoms with Gasteiger partial charge in [0.2, 0.25) is 0 Å². The van der Waals surface area contributed by atoms with E-state index in [0.29, 0.717) is 0 Å². The molecule has 0 bridgehead atoms. The smallest absolute Gasteiger partial charge is 0.254 e. The number of rotatable bonds is 3. The van der Waals surface area contributed by atoms with Crippen LogP contribution in [0.15, 0.2) is 48.5 Å². The third kappa shape index (κ3) is 2.47. The summed E-state index contributed by atoms with van der Waals surface area (Å²) >= 11 is 0. The van der Waals surface area contributed by atoms with Gasteiger partial charge in [0.1, 0.15) is 5.75 Å². The molecule has 0 unspecified atom stereocenters. The van der Waals surface area contributed by atoms with E-state index in [1.165, 1.54) is 5.56 Å². The van der Waals surface area contributed by atoms with Crippen LogP contribution in [0.25, 0.3) is 0 Å². The fourth-order valence-electron chi connectivity index (χ4n) is 4.07. The molecule has 1 saturated heterocycles. The number of hydrogen-bond donors (Lipinski definition) is 1. The standard InChI is InChI=1S/C20H22N2O2/c1-24-17-7-8-18-16(11-17)13-20(12-15-5-3-2-4-6-15)14-21-9-10-22(20)19(18)23/h2-8,11,21H,9-10,12-14H2,1H3/t20-/m1/s1. The Kier molecular flexibility index (Phi) is 3.77. The van der Waals surface area contributed by atoms with Crippen molar-refractivity contribution in [1.29, 1.82) is 0 Å². The number of carbonyl (C=O) groups excluding carboxylic acids is 1. The van der Waals surface area contributed by atoms with Crippen LogP contribution >= 0.6 is 0 Å². The summed E-state index contributed by atoms with van der Waals surface area (Å²) in [5, 5.41) is 3.50. The van der Waals surface area contributed by atoms with Gasteiger partial charge in [-0.15, -0.1) is 0 Å². The number of nitrogens with one attached hydrogen (secondary N) is 1. The lowest BCUT2D eigenvalue weighted by Crippen LogP contribution is -2.67. The van der Waals surface area contributed by atoms with E-state index >= 15 is 0 Å². The summed E-state index contributed by atoms with van der Waals surface area (Å²) in [6, 6.07) is 16.3. The number of methoxy groups -OCH3 is 1. The highest BCUT2D eigenvalue weighted by Gasteiger charge is 2.46. The minimum absolute atomic E-state index is 0.149. The van der Waals surface area contributed by atoms with Crippen LogP contribution in [0.3, 0.4) is 0 Å². The third-order valence-electron chi connectivity index (χ3n) is 5.22. The second-order valence-corrected chi connectivity index (χ2v) is 6.72. The van der Waals surface area contributed by atoms with Crippen molar-refractivity contribution in [1.82, 2.24) is 10.2 Å². The Morgan fingerprint density at radius 3 is 2.83 bits per heavy atom. The number of benzene rings is 2. The summed E-state index contributed by atoms with van der Waals surface area (Å²) in [4.78, 5) is 15.2. The van der Waals surface area contributed by atoms with Crippen LogP contribution in [0, 0.1) is 0 Å².